The van der Waals surface area contributed by atoms with Crippen LogP contribution in [0.2, 0.25) is 0 Å². The molecule has 0 saturated carbocycles. The van der Waals surface area contributed by atoms with Gasteiger partial charge in [-0.15, -0.1) is 11.8 Å². The van der Waals surface area contributed by atoms with E-state index in [0.29, 0.717) is 12.6 Å². The van der Waals surface area contributed by atoms with Gasteiger partial charge in [-0.1, -0.05) is 25.1 Å². The summed E-state index contributed by atoms with van der Waals surface area (Å²) in [4.78, 5) is 1.37. The van der Waals surface area contributed by atoms with Crippen molar-refractivity contribution in [1.29, 1.82) is 0 Å². The van der Waals surface area contributed by atoms with Gasteiger partial charge in [-0.05, 0) is 25.0 Å². The largest absolute Gasteiger partial charge is 0.389 e. The molecule has 1 aliphatic heterocycles. The van der Waals surface area contributed by atoms with E-state index in [0.717, 1.165) is 12.2 Å². The van der Waals surface area contributed by atoms with Gasteiger partial charge in [0.05, 0.1) is 5.60 Å². The molecule has 1 heterocycles. The van der Waals surface area contributed by atoms with Crippen molar-refractivity contribution >= 4 is 11.8 Å². The molecule has 2 rings (SSSR count). The molecule has 0 bridgehead atoms. The standard InChI is InChI=1S/C13H19NOS/c1-3-13(2,15)9-14-11-8-16-12-7-5-4-6-10(11)12/h4-7,11,14-15H,3,8-9H2,1-2H3. The Morgan fingerprint density at radius 1 is 1.50 bits per heavy atom. The SMILES string of the molecule is CCC(C)(O)CNC1CSc2ccccc21. The molecular formula is C13H19NOS. The second kappa shape index (κ2) is 4.78. The van der Waals surface area contributed by atoms with Gasteiger partial charge in [-0.3, -0.25) is 0 Å². The Hall–Kier alpha value is -0.510. The molecule has 88 valence electrons. The molecule has 0 saturated heterocycles. The number of nitrogens with one attached hydrogen (secondary N) is 1. The molecule has 2 atom stereocenters. The van der Waals surface area contributed by atoms with Crippen LogP contribution in [-0.4, -0.2) is 23.0 Å². The van der Waals surface area contributed by atoms with Crippen LogP contribution in [-0.2, 0) is 0 Å². The first-order valence-electron chi connectivity index (χ1n) is 5.80. The van der Waals surface area contributed by atoms with Crippen LogP contribution in [0.1, 0.15) is 31.9 Å². The first-order chi connectivity index (χ1) is 7.62. The van der Waals surface area contributed by atoms with Crippen LogP contribution in [0.4, 0.5) is 0 Å². The minimum absolute atomic E-state index is 0.388. The van der Waals surface area contributed by atoms with Gasteiger partial charge in [0.1, 0.15) is 0 Å². The van der Waals surface area contributed by atoms with Gasteiger partial charge in [0.2, 0.25) is 0 Å². The van der Waals surface area contributed by atoms with Gasteiger partial charge in [-0.25, -0.2) is 0 Å². The zero-order valence-electron chi connectivity index (χ0n) is 9.86. The molecular weight excluding hydrogens is 218 g/mol. The molecule has 3 heteroatoms. The Balaban J connectivity index is 1.99. The van der Waals surface area contributed by atoms with Crippen molar-refractivity contribution in [2.75, 3.05) is 12.3 Å². The van der Waals surface area contributed by atoms with Crippen molar-refractivity contribution in [2.24, 2.45) is 0 Å². The van der Waals surface area contributed by atoms with E-state index in [2.05, 4.69) is 29.6 Å². The predicted octanol–water partition coefficient (Wildman–Crippen LogP) is 2.58. The minimum atomic E-state index is -0.595. The minimum Gasteiger partial charge on any atom is -0.389 e. The van der Waals surface area contributed by atoms with Gasteiger partial charge in [-0.2, -0.15) is 0 Å². The highest BCUT2D eigenvalue weighted by Crippen LogP contribution is 2.37. The topological polar surface area (TPSA) is 32.3 Å². The summed E-state index contributed by atoms with van der Waals surface area (Å²) in [6.07, 6.45) is 0.779. The Morgan fingerprint density at radius 3 is 3.00 bits per heavy atom. The number of hydrogen-bond donors (Lipinski definition) is 2. The summed E-state index contributed by atoms with van der Waals surface area (Å²) in [6, 6.07) is 8.89. The highest BCUT2D eigenvalue weighted by molar-refractivity contribution is 7.99. The van der Waals surface area contributed by atoms with Crippen LogP contribution in [0.5, 0.6) is 0 Å². The third kappa shape index (κ3) is 2.59. The lowest BCUT2D eigenvalue weighted by molar-refractivity contribution is 0.0535. The number of thioether (sulfide) groups is 1. The van der Waals surface area contributed by atoms with E-state index in [1.807, 2.05) is 25.6 Å². The van der Waals surface area contributed by atoms with Crippen molar-refractivity contribution in [3.63, 3.8) is 0 Å². The molecule has 0 amide bonds. The first-order valence-corrected chi connectivity index (χ1v) is 6.78. The van der Waals surface area contributed by atoms with Crippen LogP contribution in [0.3, 0.4) is 0 Å². The molecule has 0 radical (unpaired) electrons. The summed E-state index contributed by atoms with van der Waals surface area (Å²) in [7, 11) is 0. The lowest BCUT2D eigenvalue weighted by Crippen LogP contribution is -2.39. The van der Waals surface area contributed by atoms with E-state index in [4.69, 9.17) is 0 Å². The predicted molar refractivity (Wildman–Crippen MR) is 68.8 cm³/mol. The van der Waals surface area contributed by atoms with Crippen LogP contribution in [0, 0.1) is 0 Å². The Bertz CT molecular complexity index is 365. The molecule has 1 aromatic carbocycles. The average Bonchev–Trinajstić information content (AvgIpc) is 2.70. The van der Waals surface area contributed by atoms with Crippen LogP contribution in [0.25, 0.3) is 0 Å². The molecule has 16 heavy (non-hydrogen) atoms. The number of fused-ring (bicyclic) bond motifs is 1. The zero-order chi connectivity index (χ0) is 11.6. The summed E-state index contributed by atoms with van der Waals surface area (Å²) >= 11 is 1.89. The fourth-order valence-electron chi connectivity index (χ4n) is 1.80. The number of aliphatic hydroxyl groups is 1. The van der Waals surface area contributed by atoms with Gasteiger partial charge >= 0.3 is 0 Å². The summed E-state index contributed by atoms with van der Waals surface area (Å²) in [5, 5.41) is 13.4. The molecule has 1 aromatic rings. The monoisotopic (exact) mass is 237 g/mol. The van der Waals surface area contributed by atoms with Crippen LogP contribution >= 0.6 is 11.8 Å². The van der Waals surface area contributed by atoms with E-state index in [1.54, 1.807) is 0 Å². The third-order valence-electron chi connectivity index (χ3n) is 3.19. The van der Waals surface area contributed by atoms with Gasteiger partial charge in [0.25, 0.3) is 0 Å². The number of hydrogen-bond acceptors (Lipinski definition) is 3. The maximum Gasteiger partial charge on any atom is 0.0741 e. The summed E-state index contributed by atoms with van der Waals surface area (Å²) in [5.74, 6) is 1.07. The molecule has 0 fully saturated rings. The number of benzene rings is 1. The highest BCUT2D eigenvalue weighted by Gasteiger charge is 2.25. The molecule has 2 nitrogen and oxygen atoms in total. The Morgan fingerprint density at radius 2 is 2.25 bits per heavy atom. The normalized spacial score (nSPS) is 22.8. The first kappa shape index (κ1) is 12.0. The van der Waals surface area contributed by atoms with Crippen molar-refractivity contribution < 1.29 is 5.11 Å². The highest BCUT2D eigenvalue weighted by atomic mass is 32.2. The molecule has 0 aliphatic carbocycles. The van der Waals surface area contributed by atoms with E-state index in [-0.39, 0.29) is 0 Å². The average molecular weight is 237 g/mol. The van der Waals surface area contributed by atoms with Crippen LogP contribution in [0.15, 0.2) is 29.2 Å². The maximum atomic E-state index is 9.96. The lowest BCUT2D eigenvalue weighted by Gasteiger charge is -2.24. The molecule has 0 spiro atoms. The van der Waals surface area contributed by atoms with E-state index >= 15 is 0 Å². The summed E-state index contributed by atoms with van der Waals surface area (Å²) in [6.45, 7) is 4.55. The number of rotatable bonds is 4. The molecule has 0 aromatic heterocycles. The van der Waals surface area contributed by atoms with E-state index < -0.39 is 5.60 Å². The lowest BCUT2D eigenvalue weighted by atomic mass is 10.0. The van der Waals surface area contributed by atoms with E-state index in [9.17, 15) is 5.11 Å². The maximum absolute atomic E-state index is 9.96. The van der Waals surface area contributed by atoms with Crippen molar-refractivity contribution in [2.45, 2.75) is 36.8 Å². The smallest absolute Gasteiger partial charge is 0.0741 e. The Kier molecular flexibility index (Phi) is 3.57. The van der Waals surface area contributed by atoms with E-state index in [1.165, 1.54) is 10.5 Å². The summed E-state index contributed by atoms with van der Waals surface area (Å²) in [5.41, 5.74) is 0.779. The van der Waals surface area contributed by atoms with Gasteiger partial charge in [0, 0.05) is 23.2 Å². The van der Waals surface area contributed by atoms with Gasteiger partial charge in [0.15, 0.2) is 0 Å². The molecule has 1 aliphatic rings. The molecule has 2 N–H and O–H groups in total. The summed E-state index contributed by atoms with van der Waals surface area (Å²) < 4.78 is 0. The third-order valence-corrected chi connectivity index (χ3v) is 4.37. The van der Waals surface area contributed by atoms with Gasteiger partial charge < -0.3 is 10.4 Å². The van der Waals surface area contributed by atoms with Crippen LogP contribution < -0.4 is 5.32 Å². The second-order valence-corrected chi connectivity index (χ2v) is 5.69. The van der Waals surface area contributed by atoms with Crippen molar-refractivity contribution in [3.05, 3.63) is 29.8 Å². The van der Waals surface area contributed by atoms with Crippen molar-refractivity contribution in [3.8, 4) is 0 Å². The quantitative estimate of drug-likeness (QED) is 0.844. The fraction of sp³-hybridized carbons (Fsp3) is 0.538. The molecule has 2 unspecified atom stereocenters. The zero-order valence-corrected chi connectivity index (χ0v) is 10.7. The van der Waals surface area contributed by atoms with Crippen molar-refractivity contribution in [1.82, 2.24) is 5.32 Å². The fourth-order valence-corrected chi connectivity index (χ4v) is 3.00. The second-order valence-electron chi connectivity index (χ2n) is 4.63. The Labute approximate surface area is 101 Å².